The predicted molar refractivity (Wildman–Crippen MR) is 136 cm³/mol. The van der Waals surface area contributed by atoms with Gasteiger partial charge in [0.05, 0.1) is 12.2 Å². The van der Waals surface area contributed by atoms with Crippen molar-refractivity contribution in [1.29, 1.82) is 0 Å². The number of allylic oxidation sites excluding steroid dienone is 2. The lowest BCUT2D eigenvalue weighted by Gasteiger charge is -2.25. The molecule has 8 heteroatoms. The SMILES string of the molecule is CO[C@@H]1CC/C=C(\C)[C@H](OC(N)=O)[C@@H](C)CC/C=C(\C)C(=O)Nc2cc(O)cc(c2)[C@H](O)[C@@H](C)C1. The Bertz CT molecular complexity index is 942. The Balaban J connectivity index is 2.37. The summed E-state index contributed by atoms with van der Waals surface area (Å²) >= 11 is 0. The van der Waals surface area contributed by atoms with Crippen LogP contribution >= 0.6 is 0 Å². The maximum atomic E-state index is 12.7. The smallest absolute Gasteiger partial charge is 0.405 e. The normalized spacial score (nSPS) is 30.3. The zero-order chi connectivity index (χ0) is 26.1. The van der Waals surface area contributed by atoms with E-state index in [-0.39, 0.29) is 29.6 Å². The highest BCUT2D eigenvalue weighted by molar-refractivity contribution is 6.03. The van der Waals surface area contributed by atoms with E-state index in [1.807, 2.05) is 32.9 Å². The fourth-order valence-electron chi connectivity index (χ4n) is 4.51. The zero-order valence-corrected chi connectivity index (χ0v) is 21.4. The van der Waals surface area contributed by atoms with Gasteiger partial charge in [0.1, 0.15) is 11.9 Å². The third kappa shape index (κ3) is 8.71. The highest BCUT2D eigenvalue weighted by Gasteiger charge is 2.24. The summed E-state index contributed by atoms with van der Waals surface area (Å²) < 4.78 is 11.1. The molecule has 5 atom stereocenters. The molecule has 0 saturated carbocycles. The quantitative estimate of drug-likeness (QED) is 0.435. The molecule has 0 spiro atoms. The van der Waals surface area contributed by atoms with Gasteiger partial charge in [0.15, 0.2) is 0 Å². The van der Waals surface area contributed by atoms with Crippen molar-refractivity contribution in [2.75, 3.05) is 12.4 Å². The summed E-state index contributed by atoms with van der Waals surface area (Å²) in [5.41, 5.74) is 7.71. The molecule has 0 unspecified atom stereocenters. The van der Waals surface area contributed by atoms with Crippen LogP contribution in [-0.4, -0.2) is 41.5 Å². The van der Waals surface area contributed by atoms with Gasteiger partial charge in [-0.25, -0.2) is 4.79 Å². The maximum Gasteiger partial charge on any atom is 0.405 e. The first-order valence-corrected chi connectivity index (χ1v) is 12.2. The standard InChI is InChI=1S/C27H40N2O6/c1-16-8-6-10-18(3)26(32)29-21-13-20(14-22(30)15-21)24(31)19(4)12-23(34-5)11-7-9-17(2)25(16)35-27(28)33/h9-10,13-16,19,23-25,30-31H,6-8,11-12H2,1-5H3,(H2,28,33)(H,29,32)/b17-9+,18-10+/t16-,19-,23+,24+,25+/m0/s1. The highest BCUT2D eigenvalue weighted by atomic mass is 16.6. The number of aromatic hydroxyl groups is 1. The molecule has 0 aromatic heterocycles. The first-order valence-electron chi connectivity index (χ1n) is 12.2. The van der Waals surface area contributed by atoms with Crippen molar-refractivity contribution in [3.63, 3.8) is 0 Å². The third-order valence-corrected chi connectivity index (χ3v) is 6.64. The third-order valence-electron chi connectivity index (χ3n) is 6.64. The molecule has 0 saturated heterocycles. The van der Waals surface area contributed by atoms with Gasteiger partial charge in [-0.05, 0) is 81.1 Å². The number of rotatable bonds is 2. The van der Waals surface area contributed by atoms with E-state index in [2.05, 4.69) is 5.32 Å². The molecule has 1 aromatic carbocycles. The number of carbonyl (C=O) groups is 2. The lowest BCUT2D eigenvalue weighted by atomic mass is 9.90. The Morgan fingerprint density at radius 3 is 2.43 bits per heavy atom. The highest BCUT2D eigenvalue weighted by Crippen LogP contribution is 2.32. The molecule has 2 bridgehead atoms. The molecule has 0 aliphatic carbocycles. The minimum absolute atomic E-state index is 0.00466. The van der Waals surface area contributed by atoms with Crippen molar-refractivity contribution >= 4 is 17.7 Å². The van der Waals surface area contributed by atoms with E-state index in [1.165, 1.54) is 12.1 Å². The number of methoxy groups -OCH3 is 1. The topological polar surface area (TPSA) is 131 Å². The molecule has 2 amide bonds. The van der Waals surface area contributed by atoms with Crippen molar-refractivity contribution in [1.82, 2.24) is 0 Å². The number of phenolic OH excluding ortho intramolecular Hbond substituents is 1. The van der Waals surface area contributed by atoms with Gasteiger partial charge < -0.3 is 30.7 Å². The monoisotopic (exact) mass is 488 g/mol. The number of anilines is 1. The van der Waals surface area contributed by atoms with Gasteiger partial charge in [-0.1, -0.05) is 26.0 Å². The minimum Gasteiger partial charge on any atom is -0.508 e. The number of benzene rings is 1. The summed E-state index contributed by atoms with van der Waals surface area (Å²) in [6.07, 6.45) is 5.01. The Hall–Kier alpha value is -2.84. The first-order chi connectivity index (χ1) is 16.5. The Kier molecular flexibility index (Phi) is 10.8. The van der Waals surface area contributed by atoms with Crippen LogP contribution in [0.15, 0.2) is 41.5 Å². The molecule has 0 radical (unpaired) electrons. The van der Waals surface area contributed by atoms with Crippen LogP contribution in [0.5, 0.6) is 5.75 Å². The van der Waals surface area contributed by atoms with Crippen molar-refractivity contribution in [2.45, 2.75) is 78.1 Å². The second-order valence-electron chi connectivity index (χ2n) is 9.61. The van der Waals surface area contributed by atoms with E-state index in [4.69, 9.17) is 15.2 Å². The van der Waals surface area contributed by atoms with Crippen LogP contribution in [0.2, 0.25) is 0 Å². The number of carbonyl (C=O) groups excluding carboxylic acids is 2. The molecule has 1 aliphatic rings. The van der Waals surface area contributed by atoms with Crippen LogP contribution in [0, 0.1) is 11.8 Å². The molecule has 8 nitrogen and oxygen atoms in total. The van der Waals surface area contributed by atoms with Gasteiger partial charge >= 0.3 is 6.09 Å². The van der Waals surface area contributed by atoms with Crippen LogP contribution < -0.4 is 11.1 Å². The molecule has 1 aromatic rings. The second kappa shape index (κ2) is 13.3. The molecule has 2 rings (SSSR count). The number of aliphatic hydroxyl groups excluding tert-OH is 1. The average Bonchev–Trinajstić information content (AvgIpc) is 2.79. The van der Waals surface area contributed by atoms with Crippen LogP contribution in [0.25, 0.3) is 0 Å². The summed E-state index contributed by atoms with van der Waals surface area (Å²) in [4.78, 5) is 24.2. The van der Waals surface area contributed by atoms with Crippen LogP contribution in [0.4, 0.5) is 10.5 Å². The van der Waals surface area contributed by atoms with E-state index in [9.17, 15) is 19.8 Å². The number of nitrogens with one attached hydrogen (secondary N) is 1. The number of hydrogen-bond acceptors (Lipinski definition) is 6. The minimum atomic E-state index is -0.847. The molecule has 5 N–H and O–H groups in total. The van der Waals surface area contributed by atoms with Gasteiger partial charge in [-0.3, -0.25) is 4.79 Å². The molecular weight excluding hydrogens is 448 g/mol. The molecule has 0 fully saturated rings. The number of primary amides is 1. The summed E-state index contributed by atoms with van der Waals surface area (Å²) in [6, 6.07) is 4.65. The van der Waals surface area contributed by atoms with E-state index in [0.717, 1.165) is 12.0 Å². The van der Waals surface area contributed by atoms with Gasteiger partial charge in [0.25, 0.3) is 5.91 Å². The Morgan fingerprint density at radius 2 is 1.77 bits per heavy atom. The Labute approximate surface area is 208 Å². The molecule has 1 heterocycles. The van der Waals surface area contributed by atoms with Gasteiger partial charge in [0, 0.05) is 24.4 Å². The molecule has 1 aliphatic heterocycles. The van der Waals surface area contributed by atoms with Crippen molar-refractivity contribution in [3.8, 4) is 5.75 Å². The van der Waals surface area contributed by atoms with Crippen molar-refractivity contribution in [3.05, 3.63) is 47.1 Å². The summed E-state index contributed by atoms with van der Waals surface area (Å²) in [6.45, 7) is 7.56. The van der Waals surface area contributed by atoms with Gasteiger partial charge in [0.2, 0.25) is 0 Å². The van der Waals surface area contributed by atoms with Gasteiger partial charge in [-0.15, -0.1) is 0 Å². The maximum absolute atomic E-state index is 12.7. The average molecular weight is 489 g/mol. The van der Waals surface area contributed by atoms with Crippen molar-refractivity contribution < 1.29 is 29.3 Å². The second-order valence-corrected chi connectivity index (χ2v) is 9.61. The fourth-order valence-corrected chi connectivity index (χ4v) is 4.51. The molecular formula is C27H40N2O6. The predicted octanol–water partition coefficient (Wildman–Crippen LogP) is 4.97. The lowest BCUT2D eigenvalue weighted by Crippen LogP contribution is -2.29. The number of nitrogens with two attached hydrogens (primary N) is 1. The number of phenols is 1. The van der Waals surface area contributed by atoms with E-state index in [0.29, 0.717) is 42.5 Å². The zero-order valence-electron chi connectivity index (χ0n) is 21.4. The Morgan fingerprint density at radius 1 is 1.09 bits per heavy atom. The summed E-state index contributed by atoms with van der Waals surface area (Å²) in [7, 11) is 1.65. The summed E-state index contributed by atoms with van der Waals surface area (Å²) in [5, 5.41) is 23.9. The molecule has 35 heavy (non-hydrogen) atoms. The number of fused-ring (bicyclic) bond motifs is 2. The van der Waals surface area contributed by atoms with Crippen LogP contribution in [-0.2, 0) is 14.3 Å². The number of aliphatic hydroxyl groups is 1. The van der Waals surface area contributed by atoms with E-state index < -0.39 is 18.3 Å². The van der Waals surface area contributed by atoms with Crippen LogP contribution in [0.1, 0.15) is 71.5 Å². The number of amides is 2. The summed E-state index contributed by atoms with van der Waals surface area (Å²) in [5.74, 6) is -0.495. The largest absolute Gasteiger partial charge is 0.508 e. The van der Waals surface area contributed by atoms with E-state index >= 15 is 0 Å². The van der Waals surface area contributed by atoms with Crippen molar-refractivity contribution in [2.24, 2.45) is 17.6 Å². The lowest BCUT2D eigenvalue weighted by molar-refractivity contribution is -0.112. The molecule has 194 valence electrons. The van der Waals surface area contributed by atoms with Crippen LogP contribution in [0.3, 0.4) is 0 Å². The van der Waals surface area contributed by atoms with E-state index in [1.54, 1.807) is 20.1 Å². The number of hydrogen-bond donors (Lipinski definition) is 4. The fraction of sp³-hybridized carbons (Fsp3) is 0.556. The van der Waals surface area contributed by atoms with Gasteiger partial charge in [-0.2, -0.15) is 0 Å². The number of ether oxygens (including phenoxy) is 2. The first kappa shape index (κ1) is 28.4.